The highest BCUT2D eigenvalue weighted by atomic mass is 32.1. The van der Waals surface area contributed by atoms with Gasteiger partial charge in [0.1, 0.15) is 22.7 Å². The third-order valence-corrected chi connectivity index (χ3v) is 6.26. The molecule has 1 saturated heterocycles. The first-order valence-corrected chi connectivity index (χ1v) is 10.9. The van der Waals surface area contributed by atoms with Crippen molar-refractivity contribution in [1.29, 1.82) is 0 Å². The quantitative estimate of drug-likeness (QED) is 0.649. The number of piperidine rings is 1. The molecule has 0 spiro atoms. The van der Waals surface area contributed by atoms with Gasteiger partial charge in [-0.3, -0.25) is 4.79 Å². The van der Waals surface area contributed by atoms with E-state index >= 15 is 0 Å². The zero-order valence-corrected chi connectivity index (χ0v) is 17.9. The summed E-state index contributed by atoms with van der Waals surface area (Å²) in [6, 6.07) is 7.44. The molecule has 7 heteroatoms. The lowest BCUT2D eigenvalue weighted by atomic mass is 10.00. The fourth-order valence-electron chi connectivity index (χ4n) is 3.92. The lowest BCUT2D eigenvalue weighted by molar-refractivity contribution is 0.102. The Balaban J connectivity index is 1.67. The van der Waals surface area contributed by atoms with Gasteiger partial charge < -0.3 is 15.0 Å². The zero-order valence-electron chi connectivity index (χ0n) is 17.1. The van der Waals surface area contributed by atoms with E-state index in [1.807, 2.05) is 38.1 Å². The van der Waals surface area contributed by atoms with Gasteiger partial charge in [0.15, 0.2) is 0 Å². The number of fused-ring (bicyclic) bond motifs is 1. The van der Waals surface area contributed by atoms with Crippen LogP contribution in [0.4, 0.5) is 11.5 Å². The van der Waals surface area contributed by atoms with E-state index in [9.17, 15) is 4.79 Å². The molecule has 1 unspecified atom stereocenters. The van der Waals surface area contributed by atoms with E-state index in [-0.39, 0.29) is 5.91 Å². The highest BCUT2D eigenvalue weighted by Gasteiger charge is 2.25. The average molecular weight is 411 g/mol. The summed E-state index contributed by atoms with van der Waals surface area (Å²) in [5.74, 6) is 2.16. The van der Waals surface area contributed by atoms with Gasteiger partial charge in [-0.25, -0.2) is 9.97 Å². The minimum absolute atomic E-state index is 0.126. The summed E-state index contributed by atoms with van der Waals surface area (Å²) in [6.45, 7) is 8.73. The van der Waals surface area contributed by atoms with Crippen LogP contribution in [0.15, 0.2) is 30.6 Å². The molecule has 1 atom stereocenters. The predicted octanol–water partition coefficient (Wildman–Crippen LogP) is 4.89. The number of ether oxygens (including phenoxy) is 1. The second kappa shape index (κ2) is 8.37. The molecular weight excluding hydrogens is 384 g/mol. The normalized spacial score (nSPS) is 16.8. The molecule has 4 rings (SSSR count). The molecule has 3 aromatic rings. The summed E-state index contributed by atoms with van der Waals surface area (Å²) < 4.78 is 5.47. The Kier molecular flexibility index (Phi) is 5.67. The summed E-state index contributed by atoms with van der Waals surface area (Å²) in [5, 5.41) is 3.89. The van der Waals surface area contributed by atoms with Gasteiger partial charge in [0.25, 0.3) is 5.91 Å². The molecular formula is C22H26N4O2S. The second-order valence-corrected chi connectivity index (χ2v) is 8.72. The SMILES string of the molecule is CCOc1ccc(NC(=O)c2c(C)sc3ncnc(N4CCCC(C)C4)c23)cc1. The van der Waals surface area contributed by atoms with E-state index in [2.05, 4.69) is 27.1 Å². The number of carbonyl (C=O) groups excluding carboxylic acids is 1. The number of aryl methyl sites for hydroxylation is 1. The van der Waals surface area contributed by atoms with Crippen molar-refractivity contribution in [3.05, 3.63) is 41.0 Å². The number of anilines is 2. The molecule has 2 aromatic heterocycles. The van der Waals surface area contributed by atoms with Crippen LogP contribution in [0, 0.1) is 12.8 Å². The van der Waals surface area contributed by atoms with Gasteiger partial charge in [-0.1, -0.05) is 6.92 Å². The molecule has 0 aliphatic carbocycles. The Bertz CT molecular complexity index is 1020. The van der Waals surface area contributed by atoms with Crippen molar-refractivity contribution in [3.8, 4) is 5.75 Å². The number of hydrogen-bond acceptors (Lipinski definition) is 6. The van der Waals surface area contributed by atoms with Gasteiger partial charge in [0.2, 0.25) is 0 Å². The molecule has 0 bridgehead atoms. The van der Waals surface area contributed by atoms with E-state index < -0.39 is 0 Å². The number of nitrogens with one attached hydrogen (secondary N) is 1. The Labute approximate surface area is 174 Å². The monoisotopic (exact) mass is 410 g/mol. The van der Waals surface area contributed by atoms with E-state index in [0.29, 0.717) is 18.1 Å². The third-order valence-electron chi connectivity index (χ3n) is 5.25. The molecule has 0 saturated carbocycles. The Morgan fingerprint density at radius 3 is 2.83 bits per heavy atom. The number of aromatic nitrogens is 2. The van der Waals surface area contributed by atoms with Gasteiger partial charge in [-0.15, -0.1) is 11.3 Å². The minimum atomic E-state index is -0.126. The Morgan fingerprint density at radius 1 is 1.31 bits per heavy atom. The van der Waals surface area contributed by atoms with E-state index in [1.54, 1.807) is 17.7 Å². The number of nitrogens with zero attached hydrogens (tertiary/aromatic N) is 3. The number of benzene rings is 1. The van der Waals surface area contributed by atoms with Crippen molar-refractivity contribution in [2.45, 2.75) is 33.6 Å². The lowest BCUT2D eigenvalue weighted by Crippen LogP contribution is -2.35. The lowest BCUT2D eigenvalue weighted by Gasteiger charge is -2.32. The maximum Gasteiger partial charge on any atom is 0.257 e. The standard InChI is InChI=1S/C22H26N4O2S/c1-4-28-17-9-7-16(8-10-17)25-21(27)18-15(3)29-22-19(18)20(23-13-24-22)26-11-5-6-14(2)12-26/h7-10,13-14H,4-6,11-12H2,1-3H3,(H,25,27). The Hall–Kier alpha value is -2.67. The highest BCUT2D eigenvalue weighted by molar-refractivity contribution is 7.19. The van der Waals surface area contributed by atoms with E-state index in [0.717, 1.165) is 51.9 Å². The largest absolute Gasteiger partial charge is 0.494 e. The summed E-state index contributed by atoms with van der Waals surface area (Å²) in [6.07, 6.45) is 3.99. The van der Waals surface area contributed by atoms with Crippen LogP contribution >= 0.6 is 11.3 Å². The van der Waals surface area contributed by atoms with E-state index in [1.165, 1.54) is 6.42 Å². The molecule has 1 aliphatic rings. The van der Waals surface area contributed by atoms with Gasteiger partial charge in [0, 0.05) is 23.7 Å². The number of rotatable bonds is 5. The van der Waals surface area contributed by atoms with Crippen LogP contribution in [0.3, 0.4) is 0 Å². The highest BCUT2D eigenvalue weighted by Crippen LogP contribution is 2.36. The summed E-state index contributed by atoms with van der Waals surface area (Å²) in [5.41, 5.74) is 1.41. The molecule has 1 amide bonds. The molecule has 152 valence electrons. The maximum absolute atomic E-state index is 13.2. The van der Waals surface area contributed by atoms with Crippen molar-refractivity contribution in [2.75, 3.05) is 29.9 Å². The van der Waals surface area contributed by atoms with Gasteiger partial charge >= 0.3 is 0 Å². The average Bonchev–Trinajstić information content (AvgIpc) is 3.05. The number of carbonyl (C=O) groups is 1. The fourth-order valence-corrected chi connectivity index (χ4v) is 4.90. The van der Waals surface area contributed by atoms with Crippen LogP contribution in [-0.2, 0) is 0 Å². The van der Waals surface area contributed by atoms with Crippen molar-refractivity contribution < 1.29 is 9.53 Å². The minimum Gasteiger partial charge on any atom is -0.494 e. The summed E-state index contributed by atoms with van der Waals surface area (Å²) in [4.78, 5) is 26.4. The van der Waals surface area contributed by atoms with Gasteiger partial charge in [-0.2, -0.15) is 0 Å². The van der Waals surface area contributed by atoms with Crippen LogP contribution in [0.25, 0.3) is 10.2 Å². The summed E-state index contributed by atoms with van der Waals surface area (Å²) >= 11 is 1.55. The smallest absolute Gasteiger partial charge is 0.257 e. The van der Waals surface area contributed by atoms with Crippen LogP contribution in [0.2, 0.25) is 0 Å². The van der Waals surface area contributed by atoms with Gasteiger partial charge in [-0.05, 0) is 56.9 Å². The first-order chi connectivity index (χ1) is 14.1. The van der Waals surface area contributed by atoms with E-state index in [4.69, 9.17) is 4.74 Å². The van der Waals surface area contributed by atoms with Crippen molar-refractivity contribution in [1.82, 2.24) is 9.97 Å². The van der Waals surface area contributed by atoms with Gasteiger partial charge in [0.05, 0.1) is 17.6 Å². The molecule has 6 nitrogen and oxygen atoms in total. The maximum atomic E-state index is 13.2. The van der Waals surface area contributed by atoms with Crippen LogP contribution in [0.1, 0.15) is 41.9 Å². The third kappa shape index (κ3) is 4.05. The molecule has 3 heterocycles. The molecule has 1 fully saturated rings. The molecule has 1 aromatic carbocycles. The van der Waals surface area contributed by atoms with Crippen LogP contribution in [0.5, 0.6) is 5.75 Å². The fraction of sp³-hybridized carbons (Fsp3) is 0.409. The molecule has 0 radical (unpaired) electrons. The van der Waals surface area contributed by atoms with Crippen molar-refractivity contribution in [2.24, 2.45) is 5.92 Å². The second-order valence-electron chi connectivity index (χ2n) is 7.52. The Morgan fingerprint density at radius 2 is 2.10 bits per heavy atom. The van der Waals surface area contributed by atoms with Crippen molar-refractivity contribution >= 4 is 39.0 Å². The van der Waals surface area contributed by atoms with Crippen molar-refractivity contribution in [3.63, 3.8) is 0 Å². The topological polar surface area (TPSA) is 67.3 Å². The number of hydrogen-bond donors (Lipinski definition) is 1. The molecule has 1 aliphatic heterocycles. The van der Waals surface area contributed by atoms with Crippen LogP contribution < -0.4 is 15.0 Å². The first kappa shape index (κ1) is 19.6. The first-order valence-electron chi connectivity index (χ1n) is 10.1. The van der Waals surface area contributed by atoms with Crippen LogP contribution in [-0.4, -0.2) is 35.6 Å². The number of amides is 1. The summed E-state index contributed by atoms with van der Waals surface area (Å²) in [7, 11) is 0. The molecule has 29 heavy (non-hydrogen) atoms. The molecule has 1 N–H and O–H groups in total. The number of thiophene rings is 1. The zero-order chi connectivity index (χ0) is 20.4. The predicted molar refractivity (Wildman–Crippen MR) is 118 cm³/mol.